The minimum Gasteiger partial charge on any atom is -0.449 e. The van der Waals surface area contributed by atoms with Crippen LogP contribution in [0.5, 0.6) is 0 Å². The molecule has 1 aromatic rings. The van der Waals surface area contributed by atoms with Gasteiger partial charge in [-0.2, -0.15) is 12.6 Å². The molecule has 0 spiro atoms. The van der Waals surface area contributed by atoms with Crippen molar-refractivity contribution in [3.05, 3.63) is 29.8 Å². The number of hydrogen-bond donors (Lipinski definition) is 3. The van der Waals surface area contributed by atoms with Gasteiger partial charge in [-0.25, -0.2) is 0 Å². The molecule has 0 saturated heterocycles. The molecule has 1 amide bonds. The van der Waals surface area contributed by atoms with Crippen molar-refractivity contribution in [1.29, 1.82) is 0 Å². The van der Waals surface area contributed by atoms with Gasteiger partial charge in [-0.3, -0.25) is 9.79 Å². The van der Waals surface area contributed by atoms with E-state index in [0.717, 1.165) is 29.6 Å². The molecule has 0 fully saturated rings. The number of ether oxygens (including phenoxy) is 2. The van der Waals surface area contributed by atoms with Crippen LogP contribution in [0.3, 0.4) is 0 Å². The smallest absolute Gasteiger partial charge is 0.304 e. The fourth-order valence-electron chi connectivity index (χ4n) is 3.13. The Bertz CT molecular complexity index is 602. The van der Waals surface area contributed by atoms with E-state index in [4.69, 9.17) is 14.5 Å². The van der Waals surface area contributed by atoms with Crippen LogP contribution in [0, 0.1) is 0 Å². The molecule has 1 aromatic carbocycles. The number of thiol groups is 1. The van der Waals surface area contributed by atoms with Crippen LogP contribution in [-0.4, -0.2) is 69.9 Å². The number of hydrogen-bond acceptors (Lipinski definition) is 6. The van der Waals surface area contributed by atoms with Crippen molar-refractivity contribution in [2.24, 2.45) is 4.99 Å². The maximum atomic E-state index is 11.8. The van der Waals surface area contributed by atoms with Crippen molar-refractivity contribution in [1.82, 2.24) is 5.32 Å². The van der Waals surface area contributed by atoms with Gasteiger partial charge < -0.3 is 19.8 Å². The molecule has 0 saturated carbocycles. The topological polar surface area (TPSA) is 80.2 Å². The largest absolute Gasteiger partial charge is 0.449 e. The minimum absolute atomic E-state index is 0.0531. The van der Waals surface area contributed by atoms with Crippen molar-refractivity contribution in [3.63, 3.8) is 0 Å². The second-order valence-corrected chi connectivity index (χ2v) is 8.26. The van der Waals surface area contributed by atoms with Gasteiger partial charge in [0.25, 0.3) is 0 Å². The van der Waals surface area contributed by atoms with E-state index in [0.29, 0.717) is 45.9 Å². The highest BCUT2D eigenvalue weighted by atomic mass is 32.1. The minimum atomic E-state index is 0.0531. The maximum absolute atomic E-state index is 11.8. The summed E-state index contributed by atoms with van der Waals surface area (Å²) >= 11 is 4.22. The SMILES string of the molecule is O=C(CCCCCCCCCCS)NCCOCCOCC/N=C/c1ccc(BO)cc1. The fraction of sp³-hybridized carbons (Fsp3) is 0.667. The van der Waals surface area contributed by atoms with Gasteiger partial charge >= 0.3 is 7.48 Å². The van der Waals surface area contributed by atoms with E-state index in [2.05, 4.69) is 22.9 Å². The Morgan fingerprint density at radius 2 is 1.56 bits per heavy atom. The first-order chi connectivity index (χ1) is 15.8. The highest BCUT2D eigenvalue weighted by Crippen LogP contribution is 2.09. The standard InChI is InChI=1S/C24H41BN2O4S/c28-24(9-7-5-3-1-2-4-6-8-20-32)27-15-17-31-19-18-30-16-14-26-21-22-10-12-23(25-29)13-11-22/h10-13,21,25,29,32H,1-9,14-20H2,(H,27,28)/b26-21+. The number of unbranched alkanes of at least 4 members (excludes halogenated alkanes) is 7. The Kier molecular flexibility index (Phi) is 19.3. The highest BCUT2D eigenvalue weighted by Gasteiger charge is 2.00. The molecule has 0 aliphatic heterocycles. The van der Waals surface area contributed by atoms with Crippen LogP contribution in [0.2, 0.25) is 0 Å². The van der Waals surface area contributed by atoms with Crippen LogP contribution in [0.25, 0.3) is 0 Å². The number of nitrogens with zero attached hydrogens (tertiary/aromatic N) is 1. The third kappa shape index (κ3) is 17.2. The first kappa shape index (κ1) is 28.7. The van der Waals surface area contributed by atoms with Crippen LogP contribution in [0.15, 0.2) is 29.3 Å². The Labute approximate surface area is 200 Å². The summed E-state index contributed by atoms with van der Waals surface area (Å²) in [4.78, 5) is 16.1. The molecule has 0 bridgehead atoms. The van der Waals surface area contributed by atoms with Gasteiger partial charge in [0.15, 0.2) is 0 Å². The van der Waals surface area contributed by atoms with Gasteiger partial charge in [-0.1, -0.05) is 68.3 Å². The van der Waals surface area contributed by atoms with Gasteiger partial charge in [0.2, 0.25) is 5.91 Å². The van der Waals surface area contributed by atoms with E-state index in [1.54, 1.807) is 6.21 Å². The van der Waals surface area contributed by atoms with Gasteiger partial charge in [-0.15, -0.1) is 0 Å². The summed E-state index contributed by atoms with van der Waals surface area (Å²) in [6, 6.07) is 7.62. The van der Waals surface area contributed by atoms with Crippen molar-refractivity contribution in [2.45, 2.75) is 57.8 Å². The van der Waals surface area contributed by atoms with Gasteiger partial charge in [0.1, 0.15) is 0 Å². The number of benzene rings is 1. The van der Waals surface area contributed by atoms with E-state index in [1.165, 1.54) is 38.5 Å². The van der Waals surface area contributed by atoms with E-state index < -0.39 is 0 Å². The Hall–Kier alpha value is -1.35. The molecule has 0 unspecified atom stereocenters. The van der Waals surface area contributed by atoms with Crippen LogP contribution >= 0.6 is 12.6 Å². The average molecular weight is 464 g/mol. The molecule has 0 atom stereocenters. The molecule has 6 nitrogen and oxygen atoms in total. The molecule has 0 aliphatic rings. The number of carbonyl (C=O) groups excluding carboxylic acids is 1. The zero-order chi connectivity index (χ0) is 23.1. The summed E-state index contributed by atoms with van der Waals surface area (Å²) in [6.45, 7) is 3.21. The lowest BCUT2D eigenvalue weighted by Gasteiger charge is -2.07. The lowest BCUT2D eigenvalue weighted by atomic mass is 9.88. The molecule has 0 heterocycles. The lowest BCUT2D eigenvalue weighted by molar-refractivity contribution is -0.121. The van der Waals surface area contributed by atoms with Crippen molar-refractivity contribution in [3.8, 4) is 0 Å². The monoisotopic (exact) mass is 464 g/mol. The lowest BCUT2D eigenvalue weighted by Crippen LogP contribution is -2.27. The van der Waals surface area contributed by atoms with Crippen LogP contribution in [-0.2, 0) is 14.3 Å². The second kappa shape index (κ2) is 21.5. The summed E-state index contributed by atoms with van der Waals surface area (Å²) in [5.74, 6) is 1.11. The van der Waals surface area contributed by atoms with E-state index >= 15 is 0 Å². The van der Waals surface area contributed by atoms with E-state index in [9.17, 15) is 4.79 Å². The predicted octanol–water partition coefficient (Wildman–Crippen LogP) is 2.66. The Morgan fingerprint density at radius 3 is 2.22 bits per heavy atom. The van der Waals surface area contributed by atoms with Crippen molar-refractivity contribution < 1.29 is 19.3 Å². The number of amides is 1. The predicted molar refractivity (Wildman–Crippen MR) is 138 cm³/mol. The normalized spacial score (nSPS) is 11.2. The first-order valence-corrected chi connectivity index (χ1v) is 12.6. The molecule has 180 valence electrons. The number of rotatable bonds is 21. The third-order valence-electron chi connectivity index (χ3n) is 5.02. The summed E-state index contributed by atoms with van der Waals surface area (Å²) in [6.07, 6.45) is 12.1. The summed E-state index contributed by atoms with van der Waals surface area (Å²) in [5, 5.41) is 11.9. The highest BCUT2D eigenvalue weighted by molar-refractivity contribution is 7.80. The van der Waals surface area contributed by atoms with Crippen molar-refractivity contribution >= 4 is 37.7 Å². The number of carbonyl (C=O) groups is 1. The fourth-order valence-corrected chi connectivity index (χ4v) is 3.35. The quantitative estimate of drug-likeness (QED) is 0.113. The molecular weight excluding hydrogens is 423 g/mol. The van der Waals surface area contributed by atoms with Crippen molar-refractivity contribution in [2.75, 3.05) is 45.3 Å². The van der Waals surface area contributed by atoms with E-state index in [-0.39, 0.29) is 13.4 Å². The Balaban J connectivity index is 1.82. The number of nitrogens with one attached hydrogen (secondary N) is 1. The first-order valence-electron chi connectivity index (χ1n) is 12.0. The molecule has 0 aromatic heterocycles. The Morgan fingerprint density at radius 1 is 0.938 bits per heavy atom. The van der Waals surface area contributed by atoms with Crippen LogP contribution in [0.1, 0.15) is 63.4 Å². The zero-order valence-corrected chi connectivity index (χ0v) is 20.4. The summed E-state index contributed by atoms with van der Waals surface area (Å²) in [5.41, 5.74) is 1.89. The summed E-state index contributed by atoms with van der Waals surface area (Å²) < 4.78 is 11.0. The van der Waals surface area contributed by atoms with Crippen LogP contribution in [0.4, 0.5) is 0 Å². The third-order valence-corrected chi connectivity index (χ3v) is 5.34. The van der Waals surface area contributed by atoms with Crippen LogP contribution < -0.4 is 10.8 Å². The molecular formula is C24H41BN2O4S. The molecule has 8 heteroatoms. The molecule has 0 aliphatic carbocycles. The average Bonchev–Trinajstić information content (AvgIpc) is 2.81. The molecule has 2 N–H and O–H groups in total. The second-order valence-electron chi connectivity index (χ2n) is 7.81. The van der Waals surface area contributed by atoms with Gasteiger partial charge in [0.05, 0.1) is 33.0 Å². The van der Waals surface area contributed by atoms with E-state index in [1.807, 2.05) is 24.3 Å². The zero-order valence-electron chi connectivity index (χ0n) is 19.5. The van der Waals surface area contributed by atoms with Gasteiger partial charge in [-0.05, 0) is 24.2 Å². The van der Waals surface area contributed by atoms with Gasteiger partial charge in [0, 0.05) is 19.2 Å². The summed E-state index contributed by atoms with van der Waals surface area (Å²) in [7, 11) is 0.0531. The number of aliphatic imine (C=N–C) groups is 1. The molecule has 1 rings (SSSR count). The molecule has 0 radical (unpaired) electrons. The maximum Gasteiger partial charge on any atom is 0.304 e. The molecule has 32 heavy (non-hydrogen) atoms.